The average Bonchev–Trinajstić information content (AvgIpc) is 2.05. The van der Waals surface area contributed by atoms with Gasteiger partial charge in [0.15, 0.2) is 5.96 Å². The number of nitrogens with zero attached hydrogens (tertiary/aromatic N) is 1. The summed E-state index contributed by atoms with van der Waals surface area (Å²) >= 11 is 0. The third kappa shape index (κ3) is 2.70. The average molecular weight is 171 g/mol. The molecule has 1 aliphatic carbocycles. The summed E-state index contributed by atoms with van der Waals surface area (Å²) < 4.78 is 5.23. The molecule has 0 unspecified atom stereocenters. The summed E-state index contributed by atoms with van der Waals surface area (Å²) in [6.45, 7) is 0. The molecule has 4 heteroatoms. The molecule has 0 aromatic rings. The molecule has 0 radical (unpaired) electrons. The van der Waals surface area contributed by atoms with Crippen molar-refractivity contribution < 1.29 is 4.74 Å². The molecule has 70 valence electrons. The lowest BCUT2D eigenvalue weighted by Gasteiger charge is -2.24. The SMILES string of the molecule is COC1CCC(N=C(N)N)CC1. The molecule has 1 aliphatic rings. The molecule has 0 amide bonds. The van der Waals surface area contributed by atoms with E-state index in [1.807, 2.05) is 0 Å². The van der Waals surface area contributed by atoms with Crippen LogP contribution in [0.25, 0.3) is 0 Å². The van der Waals surface area contributed by atoms with E-state index >= 15 is 0 Å². The standard InChI is InChI=1S/C8H17N3O/c1-12-7-4-2-6(3-5-7)11-8(9)10/h6-7H,2-5H2,1H3,(H4,9,10,11). The smallest absolute Gasteiger partial charge is 0.186 e. The van der Waals surface area contributed by atoms with Crippen molar-refractivity contribution in [1.29, 1.82) is 0 Å². The molecule has 0 aromatic carbocycles. The van der Waals surface area contributed by atoms with Crippen LogP contribution in [0, 0.1) is 0 Å². The number of aliphatic imine (C=N–C) groups is 1. The lowest BCUT2D eigenvalue weighted by Crippen LogP contribution is -2.28. The zero-order valence-electron chi connectivity index (χ0n) is 7.49. The minimum absolute atomic E-state index is 0.205. The van der Waals surface area contributed by atoms with E-state index in [1.54, 1.807) is 7.11 Å². The van der Waals surface area contributed by atoms with Crippen LogP contribution in [0.4, 0.5) is 0 Å². The Hall–Kier alpha value is -0.770. The van der Waals surface area contributed by atoms with E-state index in [9.17, 15) is 0 Å². The predicted molar refractivity (Wildman–Crippen MR) is 48.9 cm³/mol. The highest BCUT2D eigenvalue weighted by Crippen LogP contribution is 2.22. The van der Waals surface area contributed by atoms with Gasteiger partial charge in [0, 0.05) is 7.11 Å². The van der Waals surface area contributed by atoms with Crippen LogP contribution in [0.5, 0.6) is 0 Å². The number of nitrogens with two attached hydrogens (primary N) is 2. The fourth-order valence-corrected chi connectivity index (χ4v) is 1.62. The molecule has 0 spiro atoms. The molecule has 12 heavy (non-hydrogen) atoms. The van der Waals surface area contributed by atoms with Gasteiger partial charge in [0.1, 0.15) is 0 Å². The minimum Gasteiger partial charge on any atom is -0.381 e. The van der Waals surface area contributed by atoms with Crippen molar-refractivity contribution in [2.45, 2.75) is 37.8 Å². The Bertz CT molecular complexity index is 158. The molecule has 0 atom stereocenters. The first-order chi connectivity index (χ1) is 5.72. The van der Waals surface area contributed by atoms with Crippen molar-refractivity contribution in [2.24, 2.45) is 16.5 Å². The number of rotatable bonds is 2. The van der Waals surface area contributed by atoms with Crippen molar-refractivity contribution in [1.82, 2.24) is 0 Å². The highest BCUT2D eigenvalue weighted by Gasteiger charge is 2.19. The van der Waals surface area contributed by atoms with E-state index in [0.717, 1.165) is 25.7 Å². The fraction of sp³-hybridized carbons (Fsp3) is 0.875. The molecule has 0 bridgehead atoms. The molecule has 0 aliphatic heterocycles. The Morgan fingerprint density at radius 1 is 1.25 bits per heavy atom. The Kier molecular flexibility index (Phi) is 3.34. The maximum Gasteiger partial charge on any atom is 0.186 e. The van der Waals surface area contributed by atoms with Crippen molar-refractivity contribution >= 4 is 5.96 Å². The number of methoxy groups -OCH3 is 1. The summed E-state index contributed by atoms with van der Waals surface area (Å²) in [4.78, 5) is 4.12. The summed E-state index contributed by atoms with van der Waals surface area (Å²) in [5.74, 6) is 0.205. The summed E-state index contributed by atoms with van der Waals surface area (Å²) in [6.07, 6.45) is 4.62. The molecule has 1 rings (SSSR count). The van der Waals surface area contributed by atoms with Gasteiger partial charge in [-0.1, -0.05) is 0 Å². The van der Waals surface area contributed by atoms with Crippen LogP contribution in [0.2, 0.25) is 0 Å². The molecule has 1 fully saturated rings. The Labute approximate surface area is 73.0 Å². The van der Waals surface area contributed by atoms with Gasteiger partial charge >= 0.3 is 0 Å². The van der Waals surface area contributed by atoms with Crippen LogP contribution in [-0.4, -0.2) is 25.2 Å². The molecule has 0 aromatic heterocycles. The van der Waals surface area contributed by atoms with Gasteiger partial charge in [-0.25, -0.2) is 0 Å². The van der Waals surface area contributed by atoms with Gasteiger partial charge in [0.05, 0.1) is 12.1 Å². The first kappa shape index (κ1) is 9.32. The first-order valence-corrected chi connectivity index (χ1v) is 4.34. The van der Waals surface area contributed by atoms with Gasteiger partial charge < -0.3 is 16.2 Å². The molecular weight excluding hydrogens is 154 g/mol. The van der Waals surface area contributed by atoms with E-state index in [4.69, 9.17) is 16.2 Å². The van der Waals surface area contributed by atoms with Gasteiger partial charge in [-0.05, 0) is 25.7 Å². The minimum atomic E-state index is 0.205. The van der Waals surface area contributed by atoms with E-state index in [1.165, 1.54) is 0 Å². The maximum atomic E-state index is 5.29. The maximum absolute atomic E-state index is 5.29. The highest BCUT2D eigenvalue weighted by atomic mass is 16.5. The normalized spacial score (nSPS) is 29.8. The molecule has 0 saturated heterocycles. The largest absolute Gasteiger partial charge is 0.381 e. The lowest BCUT2D eigenvalue weighted by molar-refractivity contribution is 0.0666. The molecular formula is C8H17N3O. The molecule has 0 heterocycles. The summed E-state index contributed by atoms with van der Waals surface area (Å²) in [7, 11) is 1.76. The van der Waals surface area contributed by atoms with Crippen molar-refractivity contribution in [3.05, 3.63) is 0 Å². The summed E-state index contributed by atoms with van der Waals surface area (Å²) in [6, 6.07) is 0.321. The highest BCUT2D eigenvalue weighted by molar-refractivity contribution is 5.75. The Morgan fingerprint density at radius 3 is 2.25 bits per heavy atom. The fourth-order valence-electron chi connectivity index (χ4n) is 1.62. The Morgan fingerprint density at radius 2 is 1.83 bits per heavy atom. The number of ether oxygens (including phenoxy) is 1. The molecule has 4 N–H and O–H groups in total. The number of hydrogen-bond acceptors (Lipinski definition) is 2. The van der Waals surface area contributed by atoms with Gasteiger partial charge in [-0.15, -0.1) is 0 Å². The Balaban J connectivity index is 2.31. The third-order valence-corrected chi connectivity index (χ3v) is 2.31. The second-order valence-electron chi connectivity index (χ2n) is 3.22. The number of guanidine groups is 1. The topological polar surface area (TPSA) is 73.6 Å². The lowest BCUT2D eigenvalue weighted by atomic mass is 9.93. The van der Waals surface area contributed by atoms with E-state index < -0.39 is 0 Å². The zero-order valence-corrected chi connectivity index (χ0v) is 7.49. The second kappa shape index (κ2) is 4.30. The second-order valence-corrected chi connectivity index (χ2v) is 3.22. The van der Waals surface area contributed by atoms with Crippen molar-refractivity contribution in [3.63, 3.8) is 0 Å². The summed E-state index contributed by atoms with van der Waals surface area (Å²) in [5, 5.41) is 0. The van der Waals surface area contributed by atoms with Crippen LogP contribution in [0.3, 0.4) is 0 Å². The van der Waals surface area contributed by atoms with Gasteiger partial charge in [-0.3, -0.25) is 4.99 Å². The van der Waals surface area contributed by atoms with Crippen LogP contribution in [0.1, 0.15) is 25.7 Å². The third-order valence-electron chi connectivity index (χ3n) is 2.31. The van der Waals surface area contributed by atoms with Crippen LogP contribution in [0.15, 0.2) is 4.99 Å². The predicted octanol–water partition coefficient (Wildman–Crippen LogP) is 0.217. The van der Waals surface area contributed by atoms with E-state index in [0.29, 0.717) is 12.1 Å². The van der Waals surface area contributed by atoms with Crippen molar-refractivity contribution in [2.75, 3.05) is 7.11 Å². The van der Waals surface area contributed by atoms with Gasteiger partial charge in [0.2, 0.25) is 0 Å². The van der Waals surface area contributed by atoms with Crippen molar-refractivity contribution in [3.8, 4) is 0 Å². The first-order valence-electron chi connectivity index (χ1n) is 4.34. The van der Waals surface area contributed by atoms with Crippen LogP contribution >= 0.6 is 0 Å². The van der Waals surface area contributed by atoms with Gasteiger partial charge in [-0.2, -0.15) is 0 Å². The monoisotopic (exact) mass is 171 g/mol. The van der Waals surface area contributed by atoms with Crippen LogP contribution < -0.4 is 11.5 Å². The summed E-state index contributed by atoms with van der Waals surface area (Å²) in [5.41, 5.74) is 10.6. The van der Waals surface area contributed by atoms with E-state index in [-0.39, 0.29) is 5.96 Å². The van der Waals surface area contributed by atoms with Gasteiger partial charge in [0.25, 0.3) is 0 Å². The molecule has 4 nitrogen and oxygen atoms in total. The molecule has 1 saturated carbocycles. The zero-order chi connectivity index (χ0) is 8.97. The number of hydrogen-bond donors (Lipinski definition) is 2. The quantitative estimate of drug-likeness (QED) is 0.461. The van der Waals surface area contributed by atoms with Crippen LogP contribution in [-0.2, 0) is 4.74 Å². The van der Waals surface area contributed by atoms with E-state index in [2.05, 4.69) is 4.99 Å².